The molecule has 0 aliphatic rings. The molecule has 0 heterocycles. The third-order valence-electron chi connectivity index (χ3n) is 2.84. The van der Waals surface area contributed by atoms with Crippen LogP contribution in [-0.2, 0) is 4.79 Å². The molecule has 0 aliphatic heterocycles. The van der Waals surface area contributed by atoms with Crippen LogP contribution in [0.15, 0.2) is 40.9 Å². The predicted octanol–water partition coefficient (Wildman–Crippen LogP) is 6.07. The molecular formula is C16H11BrCl3NO2. The van der Waals surface area contributed by atoms with E-state index in [4.69, 9.17) is 39.5 Å². The predicted molar refractivity (Wildman–Crippen MR) is 99.8 cm³/mol. The summed E-state index contributed by atoms with van der Waals surface area (Å²) in [5.41, 5.74) is 1.11. The van der Waals surface area contributed by atoms with Gasteiger partial charge in [-0.25, -0.2) is 0 Å². The minimum Gasteiger partial charge on any atom is -0.495 e. The minimum absolute atomic E-state index is 0.340. The summed E-state index contributed by atoms with van der Waals surface area (Å²) in [6.45, 7) is 0. The molecule has 1 N–H and O–H groups in total. The van der Waals surface area contributed by atoms with Crippen LogP contribution in [-0.4, -0.2) is 13.0 Å². The maximum absolute atomic E-state index is 12.0. The molecule has 2 aromatic rings. The molecule has 0 unspecified atom stereocenters. The van der Waals surface area contributed by atoms with Crippen LogP contribution in [0.4, 0.5) is 5.69 Å². The van der Waals surface area contributed by atoms with Gasteiger partial charge in [-0.05, 0) is 36.4 Å². The van der Waals surface area contributed by atoms with Gasteiger partial charge in [-0.15, -0.1) is 0 Å². The number of hydrogen-bond acceptors (Lipinski definition) is 2. The maximum atomic E-state index is 12.0. The van der Waals surface area contributed by atoms with Gasteiger partial charge in [0.05, 0.1) is 22.8 Å². The molecule has 0 spiro atoms. The molecule has 2 aromatic carbocycles. The van der Waals surface area contributed by atoms with Crippen LogP contribution in [0.2, 0.25) is 15.1 Å². The smallest absolute Gasteiger partial charge is 0.248 e. The molecule has 23 heavy (non-hydrogen) atoms. The number of ether oxygens (including phenoxy) is 1. The lowest BCUT2D eigenvalue weighted by atomic mass is 10.2. The number of methoxy groups -OCH3 is 1. The molecule has 0 saturated carbocycles. The van der Waals surface area contributed by atoms with Gasteiger partial charge in [0.15, 0.2) is 0 Å². The summed E-state index contributed by atoms with van der Waals surface area (Å²) in [7, 11) is 1.49. The second-order valence-corrected chi connectivity index (χ2v) is 6.62. The zero-order valence-corrected chi connectivity index (χ0v) is 15.7. The highest BCUT2D eigenvalue weighted by Gasteiger charge is 2.08. The molecule has 0 saturated heterocycles. The second-order valence-electron chi connectivity index (χ2n) is 4.46. The molecule has 1 amide bonds. The summed E-state index contributed by atoms with van der Waals surface area (Å²) in [6.07, 6.45) is 2.92. The molecule has 0 aromatic heterocycles. The van der Waals surface area contributed by atoms with Crippen molar-refractivity contribution in [2.75, 3.05) is 12.4 Å². The number of nitrogens with one attached hydrogen (secondary N) is 1. The molecule has 3 nitrogen and oxygen atoms in total. The van der Waals surface area contributed by atoms with E-state index in [1.807, 2.05) is 0 Å². The third-order valence-corrected chi connectivity index (χ3v) is 4.15. The summed E-state index contributed by atoms with van der Waals surface area (Å²) < 4.78 is 6.04. The number of benzene rings is 2. The lowest BCUT2D eigenvalue weighted by molar-refractivity contribution is -0.111. The fourth-order valence-corrected chi connectivity index (χ4v) is 3.16. The van der Waals surface area contributed by atoms with E-state index < -0.39 is 0 Å². The molecular weight excluding hydrogens is 424 g/mol. The molecule has 0 bridgehead atoms. The van der Waals surface area contributed by atoms with E-state index in [9.17, 15) is 4.79 Å². The number of carbonyl (C=O) groups is 1. The van der Waals surface area contributed by atoms with Crippen molar-refractivity contribution in [2.45, 2.75) is 0 Å². The SMILES string of the molecule is COc1c(Cl)cc(Cl)cc1/C=C/C(=O)Nc1ccc(Br)cc1Cl. The van der Waals surface area contributed by atoms with Crippen LogP contribution < -0.4 is 10.1 Å². The van der Waals surface area contributed by atoms with Crippen LogP contribution in [0.1, 0.15) is 5.56 Å². The van der Waals surface area contributed by atoms with Gasteiger partial charge in [-0.1, -0.05) is 50.7 Å². The van der Waals surface area contributed by atoms with E-state index in [1.54, 1.807) is 36.4 Å². The van der Waals surface area contributed by atoms with Gasteiger partial charge in [0.1, 0.15) is 5.75 Å². The lowest BCUT2D eigenvalue weighted by Crippen LogP contribution is -2.08. The van der Waals surface area contributed by atoms with Crippen molar-refractivity contribution in [1.82, 2.24) is 0 Å². The number of rotatable bonds is 4. The average Bonchev–Trinajstić information content (AvgIpc) is 2.47. The van der Waals surface area contributed by atoms with Gasteiger partial charge in [0.2, 0.25) is 5.91 Å². The number of hydrogen-bond donors (Lipinski definition) is 1. The molecule has 120 valence electrons. The van der Waals surface area contributed by atoms with Crippen LogP contribution in [0, 0.1) is 0 Å². The van der Waals surface area contributed by atoms with Gasteiger partial charge in [0.25, 0.3) is 0 Å². The molecule has 0 atom stereocenters. The Morgan fingerprint density at radius 3 is 2.57 bits per heavy atom. The fourth-order valence-electron chi connectivity index (χ4n) is 1.85. The van der Waals surface area contributed by atoms with Crippen molar-refractivity contribution in [1.29, 1.82) is 0 Å². The Morgan fingerprint density at radius 1 is 1.17 bits per heavy atom. The molecule has 0 aliphatic carbocycles. The third kappa shape index (κ3) is 4.88. The van der Waals surface area contributed by atoms with Gasteiger partial charge in [-0.3, -0.25) is 4.79 Å². The Bertz CT molecular complexity index is 778. The van der Waals surface area contributed by atoms with Gasteiger partial charge in [0, 0.05) is 21.1 Å². The second kappa shape index (κ2) is 8.06. The zero-order chi connectivity index (χ0) is 17.0. The standard InChI is InChI=1S/C16H11BrCl3NO2/c1-23-16-9(6-11(18)8-13(16)20)2-5-15(22)21-14-4-3-10(17)7-12(14)19/h2-8H,1H3,(H,21,22)/b5-2+. The van der Waals surface area contributed by atoms with Crippen LogP contribution in [0.5, 0.6) is 5.75 Å². The van der Waals surface area contributed by atoms with Crippen LogP contribution in [0.25, 0.3) is 6.08 Å². The number of amides is 1. The first-order valence-corrected chi connectivity index (χ1v) is 8.30. The Morgan fingerprint density at radius 2 is 1.91 bits per heavy atom. The number of carbonyl (C=O) groups excluding carboxylic acids is 1. The van der Waals surface area contributed by atoms with Gasteiger partial charge < -0.3 is 10.1 Å². The monoisotopic (exact) mass is 433 g/mol. The molecule has 7 heteroatoms. The number of anilines is 1. The summed E-state index contributed by atoms with van der Waals surface area (Å²) in [5, 5.41) is 3.95. The number of halogens is 4. The molecule has 0 fully saturated rings. The first kappa shape index (κ1) is 18.1. The minimum atomic E-state index is -0.340. The summed E-state index contributed by atoms with van der Waals surface area (Å²) >= 11 is 21.4. The van der Waals surface area contributed by atoms with E-state index in [-0.39, 0.29) is 5.91 Å². The van der Waals surface area contributed by atoms with Gasteiger partial charge in [-0.2, -0.15) is 0 Å². The largest absolute Gasteiger partial charge is 0.495 e. The van der Waals surface area contributed by atoms with Crippen molar-refractivity contribution in [2.24, 2.45) is 0 Å². The zero-order valence-electron chi connectivity index (χ0n) is 11.9. The Labute approximate surface area is 157 Å². The topological polar surface area (TPSA) is 38.3 Å². The average molecular weight is 436 g/mol. The van der Waals surface area contributed by atoms with E-state index in [2.05, 4.69) is 21.2 Å². The first-order valence-electron chi connectivity index (χ1n) is 6.38. The van der Waals surface area contributed by atoms with Crippen LogP contribution >= 0.6 is 50.7 Å². The summed E-state index contributed by atoms with van der Waals surface area (Å²) in [5.74, 6) is 0.106. The normalized spacial score (nSPS) is 10.8. The van der Waals surface area contributed by atoms with Crippen molar-refractivity contribution >= 4 is 68.4 Å². The summed E-state index contributed by atoms with van der Waals surface area (Å²) in [6, 6.07) is 8.41. The van der Waals surface area contributed by atoms with Crippen LogP contribution in [0.3, 0.4) is 0 Å². The van der Waals surface area contributed by atoms with Crippen molar-refractivity contribution in [3.05, 3.63) is 61.5 Å². The van der Waals surface area contributed by atoms with E-state index in [0.717, 1.165) is 4.47 Å². The Balaban J connectivity index is 2.18. The molecule has 2 rings (SSSR count). The highest BCUT2D eigenvalue weighted by atomic mass is 79.9. The van der Waals surface area contributed by atoms with Crippen molar-refractivity contribution < 1.29 is 9.53 Å². The van der Waals surface area contributed by atoms with Gasteiger partial charge >= 0.3 is 0 Å². The van der Waals surface area contributed by atoms with Crippen molar-refractivity contribution in [3.63, 3.8) is 0 Å². The molecule has 0 radical (unpaired) electrons. The highest BCUT2D eigenvalue weighted by molar-refractivity contribution is 9.10. The Kier molecular flexibility index (Phi) is 6.36. The Hall–Kier alpha value is -1.20. The first-order chi connectivity index (χ1) is 10.9. The van der Waals surface area contributed by atoms with E-state index in [0.29, 0.717) is 32.1 Å². The quantitative estimate of drug-likeness (QED) is 0.592. The summed E-state index contributed by atoms with van der Waals surface area (Å²) in [4.78, 5) is 12.0. The van der Waals surface area contributed by atoms with E-state index >= 15 is 0 Å². The maximum Gasteiger partial charge on any atom is 0.248 e. The highest BCUT2D eigenvalue weighted by Crippen LogP contribution is 2.33. The lowest BCUT2D eigenvalue weighted by Gasteiger charge is -2.08. The fraction of sp³-hybridized carbons (Fsp3) is 0.0625. The van der Waals surface area contributed by atoms with E-state index in [1.165, 1.54) is 13.2 Å². The van der Waals surface area contributed by atoms with Crippen molar-refractivity contribution in [3.8, 4) is 5.75 Å².